The van der Waals surface area contributed by atoms with Crippen molar-refractivity contribution in [3.05, 3.63) is 4.88 Å². The molecule has 2 saturated carbocycles. The highest BCUT2D eigenvalue weighted by molar-refractivity contribution is 7.18. The van der Waals surface area contributed by atoms with E-state index in [0.29, 0.717) is 22.7 Å². The van der Waals surface area contributed by atoms with Crippen LogP contribution in [0.5, 0.6) is 0 Å². The Labute approximate surface area is 123 Å². The zero-order chi connectivity index (χ0) is 14.1. The Hall–Kier alpha value is -1.30. The van der Waals surface area contributed by atoms with Gasteiger partial charge in [0.1, 0.15) is 10.7 Å². The summed E-state index contributed by atoms with van der Waals surface area (Å²) in [4.78, 5) is 17.1. The van der Waals surface area contributed by atoms with Gasteiger partial charge in [-0.05, 0) is 44.9 Å². The molecule has 0 aliphatic heterocycles. The molecule has 0 aromatic carbocycles. The van der Waals surface area contributed by atoms with Gasteiger partial charge in [-0.1, -0.05) is 17.8 Å². The Morgan fingerprint density at radius 3 is 2.60 bits per heavy atom. The summed E-state index contributed by atoms with van der Waals surface area (Å²) in [7, 11) is 0. The van der Waals surface area contributed by atoms with Crippen molar-refractivity contribution in [1.82, 2.24) is 10.3 Å². The minimum absolute atomic E-state index is 0.0824. The number of amides is 1. The van der Waals surface area contributed by atoms with Crippen molar-refractivity contribution in [3.8, 4) is 0 Å². The molecular formula is C14H22N4OS. The SMILES string of the molecule is CC(NC(=O)c1sc(NC2CCC2)nc1N)C1CCC1. The van der Waals surface area contributed by atoms with E-state index < -0.39 is 0 Å². The highest BCUT2D eigenvalue weighted by Gasteiger charge is 2.27. The zero-order valence-electron chi connectivity index (χ0n) is 11.8. The molecule has 2 aliphatic rings. The van der Waals surface area contributed by atoms with Crippen LogP contribution in [0, 0.1) is 5.92 Å². The largest absolute Gasteiger partial charge is 0.382 e. The van der Waals surface area contributed by atoms with Crippen LogP contribution in [-0.4, -0.2) is 23.0 Å². The molecule has 1 heterocycles. The molecule has 1 amide bonds. The summed E-state index contributed by atoms with van der Waals surface area (Å²) in [5, 5.41) is 7.17. The van der Waals surface area contributed by atoms with Gasteiger partial charge in [-0.2, -0.15) is 0 Å². The normalized spacial score (nSPS) is 20.9. The number of thiazole rings is 1. The predicted molar refractivity (Wildman–Crippen MR) is 82.1 cm³/mol. The molecule has 6 heteroatoms. The lowest BCUT2D eigenvalue weighted by molar-refractivity contribution is 0.0914. The van der Waals surface area contributed by atoms with Gasteiger partial charge >= 0.3 is 0 Å². The first-order chi connectivity index (χ1) is 9.63. The van der Waals surface area contributed by atoms with Crippen molar-refractivity contribution in [3.63, 3.8) is 0 Å². The topological polar surface area (TPSA) is 80.0 Å². The van der Waals surface area contributed by atoms with Gasteiger partial charge in [0.2, 0.25) is 0 Å². The molecule has 0 spiro atoms. The van der Waals surface area contributed by atoms with E-state index in [9.17, 15) is 4.79 Å². The van der Waals surface area contributed by atoms with Gasteiger partial charge in [-0.15, -0.1) is 0 Å². The molecule has 110 valence electrons. The van der Waals surface area contributed by atoms with Gasteiger partial charge in [0.05, 0.1) is 0 Å². The van der Waals surface area contributed by atoms with Gasteiger partial charge in [-0.3, -0.25) is 4.79 Å². The first kappa shape index (κ1) is 13.7. The molecule has 1 aromatic heterocycles. The van der Waals surface area contributed by atoms with E-state index in [2.05, 4.69) is 22.5 Å². The molecule has 4 N–H and O–H groups in total. The summed E-state index contributed by atoms with van der Waals surface area (Å²) in [5.74, 6) is 0.886. The molecule has 3 rings (SSSR count). The molecular weight excluding hydrogens is 272 g/mol. The van der Waals surface area contributed by atoms with E-state index in [1.807, 2.05) is 0 Å². The Balaban J connectivity index is 1.61. The van der Waals surface area contributed by atoms with Gasteiger partial charge in [-0.25, -0.2) is 4.98 Å². The van der Waals surface area contributed by atoms with E-state index in [0.717, 1.165) is 5.13 Å². The summed E-state index contributed by atoms with van der Waals surface area (Å²) in [6.45, 7) is 2.08. The fourth-order valence-electron chi connectivity index (χ4n) is 2.61. The first-order valence-electron chi connectivity index (χ1n) is 7.47. The van der Waals surface area contributed by atoms with E-state index in [-0.39, 0.29) is 11.9 Å². The average molecular weight is 294 g/mol. The number of nitrogen functional groups attached to an aromatic ring is 1. The van der Waals surface area contributed by atoms with Crippen LogP contribution in [0.3, 0.4) is 0 Å². The van der Waals surface area contributed by atoms with Crippen molar-refractivity contribution in [2.24, 2.45) is 5.92 Å². The fraction of sp³-hybridized carbons (Fsp3) is 0.714. The average Bonchev–Trinajstić information content (AvgIpc) is 2.62. The van der Waals surface area contributed by atoms with Crippen LogP contribution in [-0.2, 0) is 0 Å². The second-order valence-electron chi connectivity index (χ2n) is 5.96. The van der Waals surface area contributed by atoms with E-state index in [1.165, 1.54) is 49.9 Å². The number of nitrogens with zero attached hydrogens (tertiary/aromatic N) is 1. The van der Waals surface area contributed by atoms with Crippen molar-refractivity contribution < 1.29 is 4.79 Å². The third-order valence-electron chi connectivity index (χ3n) is 4.51. The first-order valence-corrected chi connectivity index (χ1v) is 8.29. The van der Waals surface area contributed by atoms with Gasteiger partial charge in [0, 0.05) is 12.1 Å². The van der Waals surface area contributed by atoms with Crippen LogP contribution in [0.1, 0.15) is 55.1 Å². The van der Waals surface area contributed by atoms with E-state index in [4.69, 9.17) is 5.73 Å². The highest BCUT2D eigenvalue weighted by Crippen LogP contribution is 2.31. The number of carbonyl (C=O) groups excluding carboxylic acids is 1. The number of hydrogen-bond donors (Lipinski definition) is 3. The standard InChI is InChI=1S/C14H22N4OS/c1-8(9-4-2-5-9)16-13(19)11-12(15)18-14(20-11)17-10-6-3-7-10/h8-10H,2-7,15H2,1H3,(H,16,19)(H,17,18). The summed E-state index contributed by atoms with van der Waals surface area (Å²) in [6, 6.07) is 0.728. The summed E-state index contributed by atoms with van der Waals surface area (Å²) in [6.07, 6.45) is 7.34. The maximum Gasteiger partial charge on any atom is 0.265 e. The zero-order valence-corrected chi connectivity index (χ0v) is 12.6. The number of anilines is 2. The minimum Gasteiger partial charge on any atom is -0.382 e. The quantitative estimate of drug-likeness (QED) is 0.780. The summed E-state index contributed by atoms with van der Waals surface area (Å²) >= 11 is 1.37. The van der Waals surface area contributed by atoms with Crippen molar-refractivity contribution >= 4 is 28.2 Å². The highest BCUT2D eigenvalue weighted by atomic mass is 32.1. The van der Waals surface area contributed by atoms with Gasteiger partial charge in [0.15, 0.2) is 5.13 Å². The van der Waals surface area contributed by atoms with Crippen LogP contribution in [0.2, 0.25) is 0 Å². The van der Waals surface area contributed by atoms with Gasteiger partial charge < -0.3 is 16.4 Å². The number of aromatic nitrogens is 1. The van der Waals surface area contributed by atoms with Crippen LogP contribution >= 0.6 is 11.3 Å². The van der Waals surface area contributed by atoms with Crippen LogP contribution in [0.4, 0.5) is 10.9 Å². The number of nitrogens with one attached hydrogen (secondary N) is 2. The van der Waals surface area contributed by atoms with Crippen LogP contribution < -0.4 is 16.4 Å². The summed E-state index contributed by atoms with van der Waals surface area (Å²) < 4.78 is 0. The maximum atomic E-state index is 12.3. The Morgan fingerprint density at radius 2 is 2.05 bits per heavy atom. The maximum absolute atomic E-state index is 12.3. The lowest BCUT2D eigenvalue weighted by Gasteiger charge is -2.31. The Kier molecular flexibility index (Phi) is 3.83. The lowest BCUT2D eigenvalue weighted by Crippen LogP contribution is -2.40. The second kappa shape index (κ2) is 5.60. The second-order valence-corrected chi connectivity index (χ2v) is 6.96. The van der Waals surface area contributed by atoms with Crippen molar-refractivity contribution in [2.45, 2.75) is 57.5 Å². The molecule has 1 unspecified atom stereocenters. The Morgan fingerprint density at radius 1 is 1.35 bits per heavy atom. The number of hydrogen-bond acceptors (Lipinski definition) is 5. The molecule has 0 bridgehead atoms. The third kappa shape index (κ3) is 2.75. The van der Waals surface area contributed by atoms with Crippen molar-refractivity contribution in [2.75, 3.05) is 11.1 Å². The summed E-state index contributed by atoms with van der Waals surface area (Å²) in [5.41, 5.74) is 5.87. The molecule has 5 nitrogen and oxygen atoms in total. The molecule has 2 aliphatic carbocycles. The number of nitrogens with two attached hydrogens (primary N) is 1. The van der Waals surface area contributed by atoms with Crippen LogP contribution in [0.25, 0.3) is 0 Å². The van der Waals surface area contributed by atoms with Crippen LogP contribution in [0.15, 0.2) is 0 Å². The van der Waals surface area contributed by atoms with Gasteiger partial charge in [0.25, 0.3) is 5.91 Å². The molecule has 2 fully saturated rings. The molecule has 0 radical (unpaired) electrons. The molecule has 1 aromatic rings. The lowest BCUT2D eigenvalue weighted by atomic mass is 9.80. The van der Waals surface area contributed by atoms with Crippen molar-refractivity contribution in [1.29, 1.82) is 0 Å². The number of carbonyl (C=O) groups is 1. The molecule has 0 saturated heterocycles. The monoisotopic (exact) mass is 294 g/mol. The van der Waals surface area contributed by atoms with E-state index >= 15 is 0 Å². The third-order valence-corrected chi connectivity index (χ3v) is 5.51. The fourth-order valence-corrected chi connectivity index (χ4v) is 3.48. The molecule has 20 heavy (non-hydrogen) atoms. The van der Waals surface area contributed by atoms with E-state index in [1.54, 1.807) is 0 Å². The minimum atomic E-state index is -0.0824. The molecule has 1 atom stereocenters. The number of rotatable bonds is 5. The predicted octanol–water partition coefficient (Wildman–Crippen LogP) is 2.61. The Bertz CT molecular complexity index is 493. The smallest absolute Gasteiger partial charge is 0.265 e.